The van der Waals surface area contributed by atoms with Gasteiger partial charge in [0.1, 0.15) is 0 Å². The van der Waals surface area contributed by atoms with Crippen LogP contribution >= 0.6 is 0 Å². The number of nitrogens with zero attached hydrogens (tertiary/aromatic N) is 1. The zero-order valence-electron chi connectivity index (χ0n) is 15.5. The van der Waals surface area contributed by atoms with E-state index in [1.165, 1.54) is 28.2 Å². The van der Waals surface area contributed by atoms with Crippen LogP contribution in [0.3, 0.4) is 0 Å². The number of hydrogen-bond donors (Lipinski definition) is 0. The molecule has 128 valence electrons. The fraction of sp³-hybridized carbons (Fsp3) is 0.524. The van der Waals surface area contributed by atoms with Crippen molar-refractivity contribution in [2.24, 2.45) is 5.41 Å². The van der Waals surface area contributed by atoms with Gasteiger partial charge in [-0.2, -0.15) is 0 Å². The standard InChI is InChI=1S/C21H27NO2/c1-20(2,3)14-9-7-8-13-16(22-17(23)10-11-18(22)24)12-15(19(13)14)21(4,5)6/h7-11,15-16H,12H2,1-6H3/t15-,16+/m1/s1. The molecular weight excluding hydrogens is 298 g/mol. The van der Waals surface area contributed by atoms with Crippen LogP contribution in [0, 0.1) is 5.41 Å². The molecule has 0 aromatic heterocycles. The van der Waals surface area contributed by atoms with Crippen LogP contribution in [0.15, 0.2) is 30.4 Å². The molecule has 3 nitrogen and oxygen atoms in total. The molecule has 1 aliphatic heterocycles. The molecule has 1 aliphatic carbocycles. The van der Waals surface area contributed by atoms with Crippen LogP contribution in [0.1, 0.15) is 76.6 Å². The molecule has 0 saturated carbocycles. The molecule has 1 aromatic carbocycles. The molecule has 3 heteroatoms. The number of imide groups is 1. The molecule has 2 aliphatic rings. The second kappa shape index (κ2) is 5.30. The number of hydrogen-bond acceptors (Lipinski definition) is 2. The largest absolute Gasteiger partial charge is 0.269 e. The summed E-state index contributed by atoms with van der Waals surface area (Å²) in [6.45, 7) is 13.4. The fourth-order valence-electron chi connectivity index (χ4n) is 4.13. The number of amides is 2. The van der Waals surface area contributed by atoms with Gasteiger partial charge in [0.2, 0.25) is 0 Å². The van der Waals surface area contributed by atoms with E-state index in [0.29, 0.717) is 5.92 Å². The van der Waals surface area contributed by atoms with Gasteiger partial charge in [-0.3, -0.25) is 14.5 Å². The maximum Gasteiger partial charge on any atom is 0.254 e. The first-order valence-electron chi connectivity index (χ1n) is 8.70. The van der Waals surface area contributed by atoms with E-state index >= 15 is 0 Å². The molecule has 0 spiro atoms. The molecule has 0 saturated heterocycles. The zero-order chi connectivity index (χ0) is 17.9. The van der Waals surface area contributed by atoms with Crippen molar-refractivity contribution >= 4 is 11.8 Å². The molecule has 0 fully saturated rings. The second-order valence-electron chi connectivity index (χ2n) is 9.11. The van der Waals surface area contributed by atoms with E-state index in [-0.39, 0.29) is 28.7 Å². The highest BCUT2D eigenvalue weighted by Crippen LogP contribution is 2.54. The number of benzene rings is 1. The van der Waals surface area contributed by atoms with Crippen molar-refractivity contribution in [1.82, 2.24) is 4.90 Å². The average molecular weight is 325 g/mol. The Balaban J connectivity index is 2.17. The van der Waals surface area contributed by atoms with Gasteiger partial charge in [0.25, 0.3) is 11.8 Å². The number of carbonyl (C=O) groups is 2. The van der Waals surface area contributed by atoms with E-state index in [9.17, 15) is 9.59 Å². The van der Waals surface area contributed by atoms with Gasteiger partial charge in [0, 0.05) is 12.2 Å². The summed E-state index contributed by atoms with van der Waals surface area (Å²) in [6.07, 6.45) is 3.59. The Hall–Kier alpha value is -1.90. The predicted molar refractivity (Wildman–Crippen MR) is 95.7 cm³/mol. The lowest BCUT2D eigenvalue weighted by molar-refractivity contribution is -0.139. The summed E-state index contributed by atoms with van der Waals surface area (Å²) in [5.74, 6) is -0.0486. The molecule has 3 rings (SSSR count). The Kier molecular flexibility index (Phi) is 3.74. The molecule has 0 bridgehead atoms. The molecule has 2 amide bonds. The van der Waals surface area contributed by atoms with Crippen LogP contribution < -0.4 is 0 Å². The minimum absolute atomic E-state index is 0.0288. The Bertz CT molecular complexity index is 713. The molecule has 0 radical (unpaired) electrons. The third kappa shape index (κ3) is 2.60. The molecule has 0 unspecified atom stereocenters. The highest BCUT2D eigenvalue weighted by molar-refractivity contribution is 6.13. The second-order valence-corrected chi connectivity index (χ2v) is 9.11. The number of rotatable bonds is 1. The smallest absolute Gasteiger partial charge is 0.254 e. The van der Waals surface area contributed by atoms with Gasteiger partial charge < -0.3 is 0 Å². The van der Waals surface area contributed by atoms with Crippen LogP contribution in [0.25, 0.3) is 0 Å². The minimum atomic E-state index is -0.188. The van der Waals surface area contributed by atoms with Gasteiger partial charge in [-0.1, -0.05) is 59.7 Å². The van der Waals surface area contributed by atoms with Crippen LogP contribution in [0.4, 0.5) is 0 Å². The van der Waals surface area contributed by atoms with Crippen molar-refractivity contribution < 1.29 is 9.59 Å². The first-order valence-corrected chi connectivity index (χ1v) is 8.70. The Morgan fingerprint density at radius 3 is 2.04 bits per heavy atom. The lowest BCUT2D eigenvalue weighted by Crippen LogP contribution is -2.33. The lowest BCUT2D eigenvalue weighted by Gasteiger charge is -2.32. The van der Waals surface area contributed by atoms with Crippen LogP contribution in [0.2, 0.25) is 0 Å². The molecule has 0 N–H and O–H groups in total. The summed E-state index contributed by atoms with van der Waals surface area (Å²) in [5.41, 5.74) is 3.92. The van der Waals surface area contributed by atoms with Crippen LogP contribution in [-0.2, 0) is 15.0 Å². The van der Waals surface area contributed by atoms with E-state index in [1.54, 1.807) is 0 Å². The maximum absolute atomic E-state index is 12.2. The first kappa shape index (κ1) is 16.9. The van der Waals surface area contributed by atoms with Crippen molar-refractivity contribution in [3.63, 3.8) is 0 Å². The van der Waals surface area contributed by atoms with E-state index in [4.69, 9.17) is 0 Å². The molecule has 24 heavy (non-hydrogen) atoms. The Morgan fingerprint density at radius 2 is 1.54 bits per heavy atom. The molecule has 1 heterocycles. The van der Waals surface area contributed by atoms with E-state index < -0.39 is 0 Å². The monoisotopic (exact) mass is 325 g/mol. The maximum atomic E-state index is 12.2. The highest BCUT2D eigenvalue weighted by Gasteiger charge is 2.45. The molecule has 1 aromatic rings. The third-order valence-corrected chi connectivity index (χ3v) is 5.31. The zero-order valence-corrected chi connectivity index (χ0v) is 15.5. The van der Waals surface area contributed by atoms with Crippen LogP contribution in [0.5, 0.6) is 0 Å². The third-order valence-electron chi connectivity index (χ3n) is 5.31. The van der Waals surface area contributed by atoms with E-state index in [0.717, 1.165) is 12.0 Å². The summed E-state index contributed by atoms with van der Waals surface area (Å²) >= 11 is 0. The minimum Gasteiger partial charge on any atom is -0.269 e. The average Bonchev–Trinajstić information content (AvgIpc) is 2.98. The summed E-state index contributed by atoms with van der Waals surface area (Å²) in [5, 5.41) is 0. The summed E-state index contributed by atoms with van der Waals surface area (Å²) in [4.78, 5) is 25.9. The van der Waals surface area contributed by atoms with Gasteiger partial charge >= 0.3 is 0 Å². The lowest BCUT2D eigenvalue weighted by atomic mass is 9.72. The van der Waals surface area contributed by atoms with Gasteiger partial charge in [-0.15, -0.1) is 0 Å². The van der Waals surface area contributed by atoms with Gasteiger partial charge in [0.05, 0.1) is 6.04 Å². The van der Waals surface area contributed by atoms with Crippen molar-refractivity contribution in [3.05, 3.63) is 47.0 Å². The number of carbonyl (C=O) groups excluding carboxylic acids is 2. The quantitative estimate of drug-likeness (QED) is 0.714. The summed E-state index contributed by atoms with van der Waals surface area (Å²) in [7, 11) is 0. The highest BCUT2D eigenvalue weighted by atomic mass is 16.2. The van der Waals surface area contributed by atoms with Gasteiger partial charge in [-0.25, -0.2) is 0 Å². The topological polar surface area (TPSA) is 37.4 Å². The van der Waals surface area contributed by atoms with E-state index in [2.05, 4.69) is 59.7 Å². The Morgan fingerprint density at radius 1 is 0.958 bits per heavy atom. The molecular formula is C21H27NO2. The fourth-order valence-corrected chi connectivity index (χ4v) is 4.13. The summed E-state index contributed by atoms with van der Waals surface area (Å²) in [6, 6.07) is 6.21. The first-order chi connectivity index (χ1) is 11.0. The predicted octanol–water partition coefficient (Wildman–Crippen LogP) is 4.48. The SMILES string of the molecule is CC(C)(C)c1cccc2c1[C@H](C(C)(C)C)C[C@@H]2N1C(=O)C=CC1=O. The van der Waals surface area contributed by atoms with Gasteiger partial charge in [-0.05, 0) is 39.9 Å². The van der Waals surface area contributed by atoms with Crippen molar-refractivity contribution in [2.45, 2.75) is 65.3 Å². The number of fused-ring (bicyclic) bond motifs is 1. The molecule has 2 atom stereocenters. The van der Waals surface area contributed by atoms with Crippen molar-refractivity contribution in [1.29, 1.82) is 0 Å². The van der Waals surface area contributed by atoms with Crippen LogP contribution in [-0.4, -0.2) is 16.7 Å². The van der Waals surface area contributed by atoms with Crippen molar-refractivity contribution in [2.75, 3.05) is 0 Å². The normalized spacial score (nSPS) is 24.0. The van der Waals surface area contributed by atoms with Crippen molar-refractivity contribution in [3.8, 4) is 0 Å². The summed E-state index contributed by atoms with van der Waals surface area (Å²) < 4.78 is 0. The van der Waals surface area contributed by atoms with E-state index in [1.807, 2.05) is 0 Å². The van der Waals surface area contributed by atoms with Gasteiger partial charge in [0.15, 0.2) is 0 Å². The Labute approximate surface area is 144 Å².